The first kappa shape index (κ1) is 13.9. The van der Waals surface area contributed by atoms with Gasteiger partial charge in [0.1, 0.15) is 11.3 Å². The van der Waals surface area contributed by atoms with E-state index in [1.54, 1.807) is 26.8 Å². The third-order valence-electron chi connectivity index (χ3n) is 1.70. The summed E-state index contributed by atoms with van der Waals surface area (Å²) in [6.07, 6.45) is -0.917. The highest BCUT2D eigenvalue weighted by atomic mass is 17.2. The molecule has 1 N–H and O–H groups in total. The van der Waals surface area contributed by atoms with Gasteiger partial charge in [-0.05, 0) is 26.8 Å². The van der Waals surface area contributed by atoms with Gasteiger partial charge in [-0.1, -0.05) is 12.1 Å². The van der Waals surface area contributed by atoms with Gasteiger partial charge in [0.25, 0.3) is 5.69 Å². The van der Waals surface area contributed by atoms with Crippen LogP contribution in [0.2, 0.25) is 0 Å². The number of nitro benzene ring substituents is 1. The van der Waals surface area contributed by atoms with Crippen LogP contribution in [0.5, 0.6) is 0 Å². The van der Waals surface area contributed by atoms with Crippen molar-refractivity contribution in [3.63, 3.8) is 0 Å². The SMILES string of the molecule is CC(C)(C)OOC(=O)Nc1ccccc1[N+](=O)[O-]. The molecule has 0 saturated carbocycles. The molecule has 0 unspecified atom stereocenters. The molecule has 0 spiro atoms. The van der Waals surface area contributed by atoms with Gasteiger partial charge in [0.05, 0.1) is 4.92 Å². The number of benzene rings is 1. The minimum Gasteiger partial charge on any atom is -0.283 e. The first-order chi connectivity index (χ1) is 8.29. The standard InChI is InChI=1S/C11H14N2O5/c1-11(2,3)18-17-10(14)12-8-6-4-5-7-9(8)13(15)16/h4-7H,1-3H3,(H,12,14). The van der Waals surface area contributed by atoms with Crippen LogP contribution in [0.15, 0.2) is 24.3 Å². The first-order valence-electron chi connectivity index (χ1n) is 5.20. The zero-order chi connectivity index (χ0) is 13.8. The Kier molecular flexibility index (Phi) is 4.22. The number of nitrogens with one attached hydrogen (secondary N) is 1. The number of amides is 1. The average Bonchev–Trinajstić information content (AvgIpc) is 2.26. The second-order valence-electron chi connectivity index (χ2n) is 4.47. The molecule has 0 fully saturated rings. The zero-order valence-electron chi connectivity index (χ0n) is 10.3. The molecule has 1 amide bonds. The number of rotatable bonds is 3. The van der Waals surface area contributed by atoms with Crippen LogP contribution in [0, 0.1) is 10.1 Å². The van der Waals surface area contributed by atoms with Gasteiger partial charge in [-0.15, -0.1) is 0 Å². The van der Waals surface area contributed by atoms with Crippen LogP contribution >= 0.6 is 0 Å². The second-order valence-corrected chi connectivity index (χ2v) is 4.47. The summed E-state index contributed by atoms with van der Waals surface area (Å²) in [4.78, 5) is 30.7. The molecule has 0 aliphatic carbocycles. The number of para-hydroxylation sites is 2. The van der Waals surface area contributed by atoms with E-state index in [2.05, 4.69) is 10.2 Å². The lowest BCUT2D eigenvalue weighted by atomic mass is 10.2. The summed E-state index contributed by atoms with van der Waals surface area (Å²) >= 11 is 0. The van der Waals surface area contributed by atoms with Gasteiger partial charge in [-0.2, -0.15) is 4.89 Å². The molecule has 1 aromatic carbocycles. The molecule has 0 radical (unpaired) electrons. The lowest BCUT2D eigenvalue weighted by molar-refractivity contribution is -0.384. The number of carbonyl (C=O) groups is 1. The molecule has 0 saturated heterocycles. The van der Waals surface area contributed by atoms with Gasteiger partial charge in [-0.25, -0.2) is 4.79 Å². The van der Waals surface area contributed by atoms with E-state index in [0.717, 1.165) is 0 Å². The molecule has 0 aliphatic heterocycles. The molecule has 0 aliphatic rings. The highest BCUT2D eigenvalue weighted by Crippen LogP contribution is 2.23. The molecule has 0 bridgehead atoms. The highest BCUT2D eigenvalue weighted by Gasteiger charge is 2.18. The predicted molar refractivity (Wildman–Crippen MR) is 64.0 cm³/mol. The number of nitro groups is 1. The maximum absolute atomic E-state index is 11.4. The van der Waals surface area contributed by atoms with Crippen LogP contribution in [0.3, 0.4) is 0 Å². The Morgan fingerprint density at radius 2 is 1.94 bits per heavy atom. The van der Waals surface area contributed by atoms with E-state index in [1.165, 1.54) is 18.2 Å². The van der Waals surface area contributed by atoms with Crippen molar-refractivity contribution in [3.05, 3.63) is 34.4 Å². The molecule has 7 nitrogen and oxygen atoms in total. The fourth-order valence-electron chi connectivity index (χ4n) is 1.03. The van der Waals surface area contributed by atoms with Gasteiger partial charge in [0.2, 0.25) is 0 Å². The summed E-state index contributed by atoms with van der Waals surface area (Å²) in [7, 11) is 0. The molecule has 18 heavy (non-hydrogen) atoms. The Bertz CT molecular complexity index is 453. The maximum Gasteiger partial charge on any atom is 0.443 e. The molecule has 1 aromatic rings. The minimum atomic E-state index is -0.917. The summed E-state index contributed by atoms with van der Waals surface area (Å²) in [6, 6.07) is 5.74. The van der Waals surface area contributed by atoms with Crippen molar-refractivity contribution in [3.8, 4) is 0 Å². The average molecular weight is 254 g/mol. The van der Waals surface area contributed by atoms with Crippen LogP contribution in [0.1, 0.15) is 20.8 Å². The van der Waals surface area contributed by atoms with E-state index < -0.39 is 16.6 Å². The first-order valence-corrected chi connectivity index (χ1v) is 5.20. The third-order valence-corrected chi connectivity index (χ3v) is 1.70. The number of hydrogen-bond acceptors (Lipinski definition) is 5. The Morgan fingerprint density at radius 3 is 2.50 bits per heavy atom. The lowest BCUT2D eigenvalue weighted by Crippen LogP contribution is -2.24. The summed E-state index contributed by atoms with van der Waals surface area (Å²) < 4.78 is 0. The topological polar surface area (TPSA) is 90.7 Å². The summed E-state index contributed by atoms with van der Waals surface area (Å²) in [5.41, 5.74) is -0.824. The van der Waals surface area contributed by atoms with Crippen molar-refractivity contribution < 1.29 is 19.5 Å². The second kappa shape index (κ2) is 5.46. The van der Waals surface area contributed by atoms with Gasteiger partial charge in [-0.3, -0.25) is 20.3 Å². The molecule has 0 atom stereocenters. The molecule has 98 valence electrons. The molecule has 1 rings (SSSR count). The lowest BCUT2D eigenvalue weighted by Gasteiger charge is -2.16. The third kappa shape index (κ3) is 4.38. The van der Waals surface area contributed by atoms with Crippen molar-refractivity contribution in [1.29, 1.82) is 0 Å². The van der Waals surface area contributed by atoms with Gasteiger partial charge >= 0.3 is 6.09 Å². The molecular weight excluding hydrogens is 240 g/mol. The fourth-order valence-corrected chi connectivity index (χ4v) is 1.03. The monoisotopic (exact) mass is 254 g/mol. The summed E-state index contributed by atoms with van der Waals surface area (Å²) in [5, 5.41) is 12.9. The van der Waals surface area contributed by atoms with E-state index in [9.17, 15) is 14.9 Å². The van der Waals surface area contributed by atoms with Gasteiger partial charge < -0.3 is 0 Å². The van der Waals surface area contributed by atoms with Crippen molar-refractivity contribution in [2.75, 3.05) is 5.32 Å². The Labute approximate surface area is 104 Å². The van der Waals surface area contributed by atoms with Gasteiger partial charge in [0, 0.05) is 6.07 Å². The van der Waals surface area contributed by atoms with Crippen LogP contribution in [-0.4, -0.2) is 16.6 Å². The van der Waals surface area contributed by atoms with Crippen LogP contribution in [-0.2, 0) is 9.78 Å². The van der Waals surface area contributed by atoms with E-state index >= 15 is 0 Å². The Balaban J connectivity index is 2.68. The largest absolute Gasteiger partial charge is 0.443 e. The normalized spacial score (nSPS) is 10.8. The van der Waals surface area contributed by atoms with E-state index in [1.807, 2.05) is 0 Å². The summed E-state index contributed by atoms with van der Waals surface area (Å²) in [6.45, 7) is 5.10. The van der Waals surface area contributed by atoms with Crippen LogP contribution in [0.25, 0.3) is 0 Å². The Hall–Kier alpha value is -2.15. The van der Waals surface area contributed by atoms with Crippen molar-refractivity contribution >= 4 is 17.5 Å². The van der Waals surface area contributed by atoms with Crippen LogP contribution in [0.4, 0.5) is 16.2 Å². The van der Waals surface area contributed by atoms with Crippen molar-refractivity contribution in [2.45, 2.75) is 26.4 Å². The smallest absolute Gasteiger partial charge is 0.283 e. The predicted octanol–water partition coefficient (Wildman–Crippen LogP) is 2.87. The molecule has 0 aromatic heterocycles. The number of nitrogens with zero attached hydrogens (tertiary/aromatic N) is 1. The zero-order valence-corrected chi connectivity index (χ0v) is 10.3. The minimum absolute atomic E-state index is 0.0463. The number of hydrogen-bond donors (Lipinski definition) is 1. The van der Waals surface area contributed by atoms with E-state index in [4.69, 9.17) is 4.89 Å². The van der Waals surface area contributed by atoms with E-state index in [0.29, 0.717) is 0 Å². The van der Waals surface area contributed by atoms with Crippen molar-refractivity contribution in [2.24, 2.45) is 0 Å². The van der Waals surface area contributed by atoms with E-state index in [-0.39, 0.29) is 11.4 Å². The molecule has 7 heteroatoms. The number of carbonyl (C=O) groups excluding carboxylic acids is 1. The Morgan fingerprint density at radius 1 is 1.33 bits per heavy atom. The van der Waals surface area contributed by atoms with Crippen molar-refractivity contribution in [1.82, 2.24) is 0 Å². The fraction of sp³-hybridized carbons (Fsp3) is 0.364. The quantitative estimate of drug-likeness (QED) is 0.508. The summed E-state index contributed by atoms with van der Waals surface area (Å²) in [5.74, 6) is 0. The number of anilines is 1. The highest BCUT2D eigenvalue weighted by molar-refractivity contribution is 5.87. The maximum atomic E-state index is 11.4. The molecular formula is C11H14N2O5. The van der Waals surface area contributed by atoms with Gasteiger partial charge in [0.15, 0.2) is 0 Å². The van der Waals surface area contributed by atoms with Crippen LogP contribution < -0.4 is 5.32 Å². The molecule has 0 heterocycles.